The fourth-order valence-corrected chi connectivity index (χ4v) is 2.43. The molecule has 0 amide bonds. The molecular weight excluding hydrogens is 222 g/mol. The minimum atomic E-state index is -3.39. The zero-order chi connectivity index (χ0) is 10.8. The molecule has 78 valence electrons. The molecule has 0 unspecified atom stereocenters. The summed E-state index contributed by atoms with van der Waals surface area (Å²) in [7, 11) is -2.01. The van der Waals surface area contributed by atoms with Gasteiger partial charge in [-0.1, -0.05) is 17.7 Å². The maximum Gasteiger partial charge on any atom is 0.240 e. The van der Waals surface area contributed by atoms with Crippen LogP contribution in [0, 0.1) is 6.92 Å². The van der Waals surface area contributed by atoms with E-state index in [-0.39, 0.29) is 10.8 Å². The van der Waals surface area contributed by atoms with Crippen LogP contribution < -0.4 is 4.72 Å². The van der Waals surface area contributed by atoms with Gasteiger partial charge in [0.1, 0.15) is 0 Å². The Morgan fingerprint density at radius 2 is 2.07 bits per heavy atom. The number of hydrogen-bond acceptors (Lipinski definition) is 2. The Morgan fingerprint density at radius 3 is 2.57 bits per heavy atom. The SMILES string of the molecule is CNS(=O)(=O)c1ccc(C)cc1CCl. The first-order valence-corrected chi connectivity index (χ1v) is 6.12. The second-order valence-corrected chi connectivity index (χ2v) is 5.07. The molecule has 1 rings (SSSR count). The fraction of sp³-hybridized carbons (Fsp3) is 0.333. The van der Waals surface area contributed by atoms with E-state index in [1.54, 1.807) is 18.2 Å². The largest absolute Gasteiger partial charge is 0.240 e. The normalized spacial score (nSPS) is 11.6. The number of benzene rings is 1. The van der Waals surface area contributed by atoms with E-state index in [1.807, 2.05) is 6.92 Å². The molecule has 1 N–H and O–H groups in total. The van der Waals surface area contributed by atoms with Crippen molar-refractivity contribution in [1.82, 2.24) is 4.72 Å². The van der Waals surface area contributed by atoms with Crippen LogP contribution in [0.15, 0.2) is 23.1 Å². The molecule has 0 spiro atoms. The Kier molecular flexibility index (Phi) is 3.53. The molecule has 0 radical (unpaired) electrons. The van der Waals surface area contributed by atoms with E-state index >= 15 is 0 Å². The van der Waals surface area contributed by atoms with Crippen molar-refractivity contribution in [3.05, 3.63) is 29.3 Å². The first kappa shape index (κ1) is 11.5. The summed E-state index contributed by atoms with van der Waals surface area (Å²) in [5.74, 6) is 0.192. The van der Waals surface area contributed by atoms with Gasteiger partial charge in [-0.15, -0.1) is 11.6 Å². The van der Waals surface area contributed by atoms with Crippen molar-refractivity contribution in [3.63, 3.8) is 0 Å². The number of nitrogens with one attached hydrogen (secondary N) is 1. The third kappa shape index (κ3) is 2.26. The van der Waals surface area contributed by atoms with Crippen molar-refractivity contribution in [2.24, 2.45) is 0 Å². The molecule has 0 heterocycles. The lowest BCUT2D eigenvalue weighted by Gasteiger charge is -2.07. The van der Waals surface area contributed by atoms with Crippen molar-refractivity contribution < 1.29 is 8.42 Å². The number of hydrogen-bond donors (Lipinski definition) is 1. The van der Waals surface area contributed by atoms with E-state index in [2.05, 4.69) is 4.72 Å². The molecular formula is C9H12ClNO2S. The highest BCUT2D eigenvalue weighted by atomic mass is 35.5. The highest BCUT2D eigenvalue weighted by Gasteiger charge is 2.15. The van der Waals surface area contributed by atoms with Gasteiger partial charge in [0.15, 0.2) is 0 Å². The Balaban J connectivity index is 3.35. The highest BCUT2D eigenvalue weighted by molar-refractivity contribution is 7.89. The first-order chi connectivity index (χ1) is 6.51. The predicted octanol–water partition coefficient (Wildman–Crippen LogP) is 1.64. The standard InChI is InChI=1S/C9H12ClNO2S/c1-7-3-4-9(8(5-7)6-10)14(12,13)11-2/h3-5,11H,6H2,1-2H3. The van der Waals surface area contributed by atoms with E-state index in [0.717, 1.165) is 5.56 Å². The van der Waals surface area contributed by atoms with Crippen LogP contribution in [0.4, 0.5) is 0 Å². The van der Waals surface area contributed by atoms with E-state index in [9.17, 15) is 8.42 Å². The van der Waals surface area contributed by atoms with Gasteiger partial charge in [-0.3, -0.25) is 0 Å². The number of aryl methyl sites for hydroxylation is 1. The second kappa shape index (κ2) is 4.29. The summed E-state index contributed by atoms with van der Waals surface area (Å²) in [6.07, 6.45) is 0. The smallest absolute Gasteiger partial charge is 0.214 e. The monoisotopic (exact) mass is 233 g/mol. The van der Waals surface area contributed by atoms with Crippen molar-refractivity contribution in [2.45, 2.75) is 17.7 Å². The van der Waals surface area contributed by atoms with Gasteiger partial charge in [-0.05, 0) is 25.6 Å². The number of sulfonamides is 1. The van der Waals surface area contributed by atoms with Crippen LogP contribution in [-0.4, -0.2) is 15.5 Å². The lowest BCUT2D eigenvalue weighted by atomic mass is 10.2. The van der Waals surface area contributed by atoms with Gasteiger partial charge < -0.3 is 0 Å². The summed E-state index contributed by atoms with van der Waals surface area (Å²) in [5.41, 5.74) is 1.62. The Hall–Kier alpha value is -0.580. The molecule has 0 saturated carbocycles. The number of rotatable bonds is 3. The van der Waals surface area contributed by atoms with Gasteiger partial charge in [0, 0.05) is 5.88 Å². The third-order valence-corrected chi connectivity index (χ3v) is 3.72. The van der Waals surface area contributed by atoms with Crippen molar-refractivity contribution in [2.75, 3.05) is 7.05 Å². The van der Waals surface area contributed by atoms with Crippen molar-refractivity contribution >= 4 is 21.6 Å². The van der Waals surface area contributed by atoms with E-state index in [0.29, 0.717) is 5.56 Å². The van der Waals surface area contributed by atoms with Crippen LogP contribution in [0.2, 0.25) is 0 Å². The number of alkyl halides is 1. The van der Waals surface area contributed by atoms with Gasteiger partial charge in [0.2, 0.25) is 10.0 Å². The summed E-state index contributed by atoms with van der Waals surface area (Å²) in [5, 5.41) is 0. The van der Waals surface area contributed by atoms with E-state index < -0.39 is 10.0 Å². The average molecular weight is 234 g/mol. The Morgan fingerprint density at radius 1 is 1.43 bits per heavy atom. The molecule has 0 atom stereocenters. The van der Waals surface area contributed by atoms with Crippen LogP contribution in [0.5, 0.6) is 0 Å². The molecule has 0 aromatic heterocycles. The van der Waals surface area contributed by atoms with Crippen LogP contribution in [0.25, 0.3) is 0 Å². The Labute approximate surface area is 89.1 Å². The van der Waals surface area contributed by atoms with Gasteiger partial charge in [0.25, 0.3) is 0 Å². The molecule has 0 fully saturated rings. The average Bonchev–Trinajstić information content (AvgIpc) is 2.17. The maximum atomic E-state index is 11.5. The third-order valence-electron chi connectivity index (χ3n) is 1.92. The maximum absolute atomic E-state index is 11.5. The van der Waals surface area contributed by atoms with Crippen LogP contribution >= 0.6 is 11.6 Å². The van der Waals surface area contributed by atoms with Gasteiger partial charge in [0.05, 0.1) is 4.90 Å². The summed E-state index contributed by atoms with van der Waals surface area (Å²) < 4.78 is 25.3. The van der Waals surface area contributed by atoms with Crippen LogP contribution in [0.3, 0.4) is 0 Å². The molecule has 1 aromatic carbocycles. The lowest BCUT2D eigenvalue weighted by molar-refractivity contribution is 0.587. The van der Waals surface area contributed by atoms with Crippen molar-refractivity contribution in [3.8, 4) is 0 Å². The minimum Gasteiger partial charge on any atom is -0.214 e. The predicted molar refractivity (Wildman–Crippen MR) is 57.0 cm³/mol. The van der Waals surface area contributed by atoms with Crippen molar-refractivity contribution in [1.29, 1.82) is 0 Å². The zero-order valence-electron chi connectivity index (χ0n) is 8.04. The van der Waals surface area contributed by atoms with Gasteiger partial charge in [-0.25, -0.2) is 13.1 Å². The Bertz CT molecular complexity index is 428. The molecule has 14 heavy (non-hydrogen) atoms. The van der Waals surface area contributed by atoms with E-state index in [1.165, 1.54) is 7.05 Å². The van der Waals surface area contributed by atoms with E-state index in [4.69, 9.17) is 11.6 Å². The molecule has 0 saturated heterocycles. The summed E-state index contributed by atoms with van der Waals surface area (Å²) >= 11 is 5.67. The van der Waals surface area contributed by atoms with Gasteiger partial charge >= 0.3 is 0 Å². The molecule has 0 aliphatic carbocycles. The van der Waals surface area contributed by atoms with Crippen LogP contribution in [-0.2, 0) is 15.9 Å². The first-order valence-electron chi connectivity index (χ1n) is 4.10. The molecule has 0 aliphatic heterocycles. The molecule has 5 heteroatoms. The summed E-state index contributed by atoms with van der Waals surface area (Å²) in [4.78, 5) is 0.251. The second-order valence-electron chi connectivity index (χ2n) is 2.95. The fourth-order valence-electron chi connectivity index (χ4n) is 1.18. The van der Waals surface area contributed by atoms with Gasteiger partial charge in [-0.2, -0.15) is 0 Å². The molecule has 1 aromatic rings. The quantitative estimate of drug-likeness (QED) is 0.807. The number of halogens is 1. The lowest BCUT2D eigenvalue weighted by Crippen LogP contribution is -2.19. The summed E-state index contributed by atoms with van der Waals surface area (Å²) in [6.45, 7) is 1.89. The zero-order valence-corrected chi connectivity index (χ0v) is 9.61. The molecule has 0 bridgehead atoms. The highest BCUT2D eigenvalue weighted by Crippen LogP contribution is 2.18. The topological polar surface area (TPSA) is 46.2 Å². The summed E-state index contributed by atoms with van der Waals surface area (Å²) in [6, 6.07) is 5.09. The minimum absolute atomic E-state index is 0.192. The molecule has 3 nitrogen and oxygen atoms in total. The molecule has 0 aliphatic rings. The van der Waals surface area contributed by atoms with Crippen LogP contribution in [0.1, 0.15) is 11.1 Å².